The number of fused-ring (bicyclic) bond motifs is 1. The highest BCUT2D eigenvalue weighted by Crippen LogP contribution is 2.55. The monoisotopic (exact) mass is 561 g/mol. The molecule has 1 saturated heterocycles. The maximum atomic E-state index is 12.9. The molecule has 1 aliphatic heterocycles. The van der Waals surface area contributed by atoms with Gasteiger partial charge in [-0.25, -0.2) is 9.78 Å². The Bertz CT molecular complexity index is 1220. The molecule has 6 atom stereocenters. The molecule has 3 heterocycles. The Morgan fingerprint density at radius 3 is 2.65 bits per heavy atom. The van der Waals surface area contributed by atoms with Crippen molar-refractivity contribution >= 4 is 42.3 Å². The molecule has 13 nitrogen and oxygen atoms in total. The zero-order valence-corrected chi connectivity index (χ0v) is 22.7. The number of nitrogens with one attached hydrogen (secondary N) is 1. The van der Waals surface area contributed by atoms with Gasteiger partial charge >= 0.3 is 13.7 Å². The fourth-order valence-electron chi connectivity index (χ4n) is 5.34. The fourth-order valence-corrected chi connectivity index (χ4v) is 6.09. The Labute approximate surface area is 218 Å². The van der Waals surface area contributed by atoms with E-state index < -0.39 is 44.4 Å². The molecular formula is C22H33ClN5O8P. The number of carbonyl (C=O) groups is 1. The minimum absolute atomic E-state index is 0.000272. The molecule has 1 aliphatic carbocycles. The third kappa shape index (κ3) is 5.36. The summed E-state index contributed by atoms with van der Waals surface area (Å²) in [5.41, 5.74) is 0.0719. The topological polar surface area (TPSA) is 189 Å². The van der Waals surface area contributed by atoms with E-state index in [1.54, 1.807) is 0 Å². The minimum Gasteiger partial charge on any atom is -0.445 e. The quantitative estimate of drug-likeness (QED) is 0.247. The van der Waals surface area contributed by atoms with E-state index in [9.17, 15) is 19.6 Å². The van der Waals surface area contributed by atoms with E-state index in [2.05, 4.69) is 48.0 Å². The lowest BCUT2D eigenvalue weighted by Gasteiger charge is -2.41. The molecule has 2 aliphatic rings. The van der Waals surface area contributed by atoms with Gasteiger partial charge in [0, 0.05) is 5.41 Å². The lowest BCUT2D eigenvalue weighted by molar-refractivity contribution is -0.0355. The van der Waals surface area contributed by atoms with Gasteiger partial charge in [0.1, 0.15) is 18.3 Å². The fraction of sp³-hybridized carbons (Fsp3) is 0.727. The molecule has 5 N–H and O–H groups in total. The van der Waals surface area contributed by atoms with Gasteiger partial charge in [0.15, 0.2) is 23.2 Å². The van der Waals surface area contributed by atoms with Crippen molar-refractivity contribution in [3.05, 3.63) is 11.6 Å². The van der Waals surface area contributed by atoms with Crippen LogP contribution < -0.4 is 5.32 Å². The third-order valence-electron chi connectivity index (χ3n) is 8.20. The number of halogens is 1. The predicted molar refractivity (Wildman–Crippen MR) is 133 cm³/mol. The van der Waals surface area contributed by atoms with E-state index in [0.29, 0.717) is 0 Å². The molecule has 2 fully saturated rings. The number of carbonyl (C=O) groups excluding carboxylic acids is 1. The van der Waals surface area contributed by atoms with Crippen molar-refractivity contribution in [3.8, 4) is 0 Å². The zero-order chi connectivity index (χ0) is 27.3. The Morgan fingerprint density at radius 1 is 1.30 bits per heavy atom. The number of aliphatic hydroxyl groups excluding tert-OH is 2. The number of nitrogens with zero attached hydrogens (tertiary/aromatic N) is 4. The van der Waals surface area contributed by atoms with Crippen LogP contribution in [0.5, 0.6) is 0 Å². The summed E-state index contributed by atoms with van der Waals surface area (Å²) >= 11 is 6.12. The molecule has 4 rings (SSSR count). The van der Waals surface area contributed by atoms with Crippen LogP contribution in [0.2, 0.25) is 5.28 Å². The van der Waals surface area contributed by atoms with Crippen LogP contribution in [-0.2, 0) is 14.0 Å². The van der Waals surface area contributed by atoms with Crippen molar-refractivity contribution in [2.45, 2.75) is 84.0 Å². The summed E-state index contributed by atoms with van der Waals surface area (Å²) in [7, 11) is -4.32. The molecular weight excluding hydrogens is 529 g/mol. The van der Waals surface area contributed by atoms with Gasteiger partial charge in [-0.2, -0.15) is 9.97 Å². The van der Waals surface area contributed by atoms with Crippen molar-refractivity contribution in [2.24, 2.45) is 10.8 Å². The van der Waals surface area contributed by atoms with Crippen LogP contribution in [0.1, 0.15) is 59.6 Å². The Morgan fingerprint density at radius 2 is 2.00 bits per heavy atom. The number of hydrogen-bond acceptors (Lipinski definition) is 9. The second-order valence-electron chi connectivity index (χ2n) is 10.6. The summed E-state index contributed by atoms with van der Waals surface area (Å²) < 4.78 is 24.0. The zero-order valence-electron chi connectivity index (χ0n) is 21.0. The first-order valence-corrected chi connectivity index (χ1v) is 14.3. The largest absolute Gasteiger partial charge is 0.445 e. The van der Waals surface area contributed by atoms with E-state index in [1.165, 1.54) is 10.9 Å². The van der Waals surface area contributed by atoms with Gasteiger partial charge in [-0.05, 0) is 42.7 Å². The minimum atomic E-state index is -4.32. The lowest BCUT2D eigenvalue weighted by Crippen LogP contribution is -2.40. The summed E-state index contributed by atoms with van der Waals surface area (Å²) in [6, 6.07) is 0. The highest BCUT2D eigenvalue weighted by molar-refractivity contribution is 7.51. The number of aromatic nitrogens is 4. The van der Waals surface area contributed by atoms with Gasteiger partial charge in [0.05, 0.1) is 18.6 Å². The first-order chi connectivity index (χ1) is 17.2. The van der Waals surface area contributed by atoms with Gasteiger partial charge in [0.2, 0.25) is 5.28 Å². The maximum Gasteiger partial charge on any atom is 0.413 e. The number of anilines is 1. The molecule has 0 spiro atoms. The second kappa shape index (κ2) is 10.0. The van der Waals surface area contributed by atoms with Crippen LogP contribution >= 0.6 is 19.2 Å². The maximum absolute atomic E-state index is 12.9. The van der Waals surface area contributed by atoms with E-state index in [1.807, 2.05) is 0 Å². The predicted octanol–water partition coefficient (Wildman–Crippen LogP) is 2.82. The first-order valence-electron chi connectivity index (χ1n) is 12.1. The van der Waals surface area contributed by atoms with Crippen LogP contribution in [0.3, 0.4) is 0 Å². The summed E-state index contributed by atoms with van der Waals surface area (Å²) in [6.07, 6.45) is -2.93. The molecule has 2 aromatic rings. The number of amides is 1. The van der Waals surface area contributed by atoms with Gasteiger partial charge in [-0.3, -0.25) is 14.4 Å². The van der Waals surface area contributed by atoms with Gasteiger partial charge in [0.25, 0.3) is 0 Å². The average molecular weight is 562 g/mol. The molecule has 0 aromatic carbocycles. The second-order valence-corrected chi connectivity index (χ2v) is 12.7. The van der Waals surface area contributed by atoms with Crippen LogP contribution in [0, 0.1) is 10.8 Å². The van der Waals surface area contributed by atoms with Gasteiger partial charge in [-0.1, -0.05) is 27.7 Å². The number of imidazole rings is 1. The normalized spacial score (nSPS) is 31.6. The number of ether oxygens (including phenoxy) is 2. The Kier molecular flexibility index (Phi) is 7.63. The molecule has 0 bridgehead atoms. The van der Waals surface area contributed by atoms with Crippen LogP contribution in [0.4, 0.5) is 10.6 Å². The highest BCUT2D eigenvalue weighted by atomic mass is 35.5. The smallest absolute Gasteiger partial charge is 0.413 e. The molecule has 1 saturated carbocycles. The molecule has 15 heteroatoms. The molecule has 37 heavy (non-hydrogen) atoms. The summed E-state index contributed by atoms with van der Waals surface area (Å²) in [5, 5.41) is 23.3. The average Bonchev–Trinajstić information content (AvgIpc) is 3.41. The van der Waals surface area contributed by atoms with Crippen molar-refractivity contribution in [3.63, 3.8) is 0 Å². The number of aliphatic hydroxyl groups is 2. The van der Waals surface area contributed by atoms with Gasteiger partial charge in [-0.15, -0.1) is 0 Å². The van der Waals surface area contributed by atoms with Gasteiger partial charge < -0.3 is 29.5 Å². The summed E-state index contributed by atoms with van der Waals surface area (Å²) in [4.78, 5) is 43.6. The lowest BCUT2D eigenvalue weighted by atomic mass is 9.67. The van der Waals surface area contributed by atoms with E-state index in [-0.39, 0.29) is 45.6 Å². The molecule has 5 unspecified atom stereocenters. The van der Waals surface area contributed by atoms with E-state index >= 15 is 0 Å². The molecule has 206 valence electrons. The summed E-state index contributed by atoms with van der Waals surface area (Å²) in [5.74, 6) is 0.000272. The van der Waals surface area contributed by atoms with Crippen molar-refractivity contribution < 1.29 is 38.8 Å². The van der Waals surface area contributed by atoms with Crippen molar-refractivity contribution in [2.75, 3.05) is 11.5 Å². The van der Waals surface area contributed by atoms with Crippen LogP contribution in [0.15, 0.2) is 6.33 Å². The van der Waals surface area contributed by atoms with Crippen LogP contribution in [0.25, 0.3) is 11.2 Å². The molecule has 0 radical (unpaired) electrons. The standard InChI is InChI=1S/C22H33ClN5O8P/c1-5-22(4)12(6-8-21(22,2)3)36-20(31)26-16-13-17(27-19(23)25-16)28(10-24-13)18-15(30)14(29)11(35-18)7-9-37(32,33)34/h10-12,14-15,18,29-30H,5-9H2,1-4H3,(H2,32,33,34)(H,25,26,27,31)/t11?,12?,14?,15?,18?,22-/m0/s1. The SMILES string of the molecule is CC[C@@]1(C)C(OC(=O)Nc2nc(Cl)nc3c2ncn3C2OC(CCP(=O)(O)O)C(O)C2O)CCC1(C)C. The molecule has 1 amide bonds. The van der Waals surface area contributed by atoms with E-state index in [0.717, 1.165) is 19.3 Å². The Balaban J connectivity index is 1.54. The number of hydrogen-bond donors (Lipinski definition) is 5. The first kappa shape index (κ1) is 28.2. The van der Waals surface area contributed by atoms with E-state index in [4.69, 9.17) is 30.9 Å². The number of rotatable bonds is 7. The van der Waals surface area contributed by atoms with Crippen molar-refractivity contribution in [1.82, 2.24) is 19.5 Å². The Hall–Kier alpha value is -1.86. The summed E-state index contributed by atoms with van der Waals surface area (Å²) in [6.45, 7) is 8.54. The third-order valence-corrected chi connectivity index (χ3v) is 9.21. The highest BCUT2D eigenvalue weighted by Gasteiger charge is 2.52. The molecule has 2 aromatic heterocycles. The van der Waals surface area contributed by atoms with Crippen LogP contribution in [-0.4, -0.2) is 76.2 Å². The van der Waals surface area contributed by atoms with Crippen molar-refractivity contribution in [1.29, 1.82) is 0 Å².